The molecule has 0 aliphatic heterocycles. The van der Waals surface area contributed by atoms with Crippen molar-refractivity contribution in [2.75, 3.05) is 0 Å². The van der Waals surface area contributed by atoms with Crippen molar-refractivity contribution in [2.45, 2.75) is 33.7 Å². The highest BCUT2D eigenvalue weighted by Gasteiger charge is 2.15. The summed E-state index contributed by atoms with van der Waals surface area (Å²) in [6.45, 7) is 7.01. The lowest BCUT2D eigenvalue weighted by Crippen LogP contribution is -2.13. The van der Waals surface area contributed by atoms with E-state index in [-0.39, 0.29) is 5.78 Å². The quantitative estimate of drug-likeness (QED) is 0.782. The van der Waals surface area contributed by atoms with E-state index in [9.17, 15) is 4.79 Å². The molecule has 0 bridgehead atoms. The molecule has 0 aromatic carbocycles. The predicted molar refractivity (Wildman–Crippen MR) is 79.7 cm³/mol. The van der Waals surface area contributed by atoms with Gasteiger partial charge in [-0.2, -0.15) is 5.10 Å². The number of Topliss-reactive ketones (excluding diaryl/α,β-unsaturated/α-hetero) is 1. The molecule has 2 aromatic rings. The van der Waals surface area contributed by atoms with Crippen LogP contribution in [0.1, 0.15) is 34.9 Å². The van der Waals surface area contributed by atoms with Gasteiger partial charge in [0, 0.05) is 6.54 Å². The molecule has 102 valence electrons. The maximum Gasteiger partial charge on any atom is 0.180 e. The van der Waals surface area contributed by atoms with Crippen molar-refractivity contribution in [1.29, 1.82) is 0 Å². The summed E-state index contributed by atoms with van der Waals surface area (Å²) in [4.78, 5) is 17.2. The van der Waals surface area contributed by atoms with E-state index in [0.29, 0.717) is 12.3 Å². The fourth-order valence-electron chi connectivity index (χ4n) is 1.75. The van der Waals surface area contributed by atoms with Crippen molar-refractivity contribution in [1.82, 2.24) is 14.8 Å². The lowest BCUT2D eigenvalue weighted by molar-refractivity contribution is 0.0993. The van der Waals surface area contributed by atoms with Gasteiger partial charge in [0.05, 0.1) is 15.1 Å². The van der Waals surface area contributed by atoms with E-state index in [1.54, 1.807) is 0 Å². The zero-order valence-corrected chi connectivity index (χ0v) is 13.6. The second-order valence-electron chi connectivity index (χ2n) is 4.92. The van der Waals surface area contributed by atoms with E-state index in [2.05, 4.69) is 39.9 Å². The Bertz CT molecular complexity index is 569. The van der Waals surface area contributed by atoms with Gasteiger partial charge in [-0.15, -0.1) is 11.3 Å². The zero-order valence-electron chi connectivity index (χ0n) is 11.2. The van der Waals surface area contributed by atoms with Gasteiger partial charge in [0.2, 0.25) is 0 Å². The summed E-state index contributed by atoms with van der Waals surface area (Å²) in [5.74, 6) is 1.31. The lowest BCUT2D eigenvalue weighted by atomic mass is 10.2. The van der Waals surface area contributed by atoms with Crippen molar-refractivity contribution in [3.05, 3.63) is 32.4 Å². The predicted octanol–water partition coefficient (Wildman–Crippen LogP) is 3.49. The van der Waals surface area contributed by atoms with Crippen LogP contribution in [0.25, 0.3) is 0 Å². The molecule has 0 amide bonds. The number of nitrogens with zero attached hydrogens (tertiary/aromatic N) is 3. The number of thiophene rings is 1. The smallest absolute Gasteiger partial charge is 0.180 e. The summed E-state index contributed by atoms with van der Waals surface area (Å²) < 4.78 is 2.83. The minimum Gasteiger partial charge on any atom is -0.293 e. The third-order valence-electron chi connectivity index (χ3n) is 2.68. The minimum absolute atomic E-state index is 0.0943. The van der Waals surface area contributed by atoms with E-state index in [1.165, 1.54) is 17.7 Å². The van der Waals surface area contributed by atoms with Crippen LogP contribution in [-0.2, 0) is 13.0 Å². The van der Waals surface area contributed by atoms with Gasteiger partial charge in [0.25, 0.3) is 0 Å². The van der Waals surface area contributed by atoms with E-state index in [1.807, 2.05) is 17.7 Å². The molecule has 0 N–H and O–H groups in total. The number of aryl methyl sites for hydroxylation is 1. The van der Waals surface area contributed by atoms with Crippen molar-refractivity contribution in [3.63, 3.8) is 0 Å². The summed E-state index contributed by atoms with van der Waals surface area (Å²) in [6.07, 6.45) is 1.82. The fraction of sp³-hybridized carbons (Fsp3) is 0.462. The third-order valence-corrected chi connectivity index (χ3v) is 4.86. The largest absolute Gasteiger partial charge is 0.293 e. The van der Waals surface area contributed by atoms with Crippen LogP contribution >= 0.6 is 27.3 Å². The Labute approximate surface area is 125 Å². The van der Waals surface area contributed by atoms with Crippen molar-refractivity contribution in [2.24, 2.45) is 5.92 Å². The first kappa shape index (κ1) is 14.4. The highest BCUT2D eigenvalue weighted by Crippen LogP contribution is 2.28. The van der Waals surface area contributed by atoms with Gasteiger partial charge in [-0.3, -0.25) is 4.79 Å². The summed E-state index contributed by atoms with van der Waals surface area (Å²) in [7, 11) is 0. The molecular weight excluding hydrogens is 326 g/mol. The van der Waals surface area contributed by atoms with Gasteiger partial charge in [0.15, 0.2) is 5.78 Å². The van der Waals surface area contributed by atoms with Crippen LogP contribution in [0.15, 0.2) is 16.2 Å². The number of aromatic nitrogens is 3. The number of carbonyl (C=O) groups excluding carboxylic acids is 1. The molecule has 2 rings (SSSR count). The summed E-state index contributed by atoms with van der Waals surface area (Å²) in [6, 6.07) is 1.92. The highest BCUT2D eigenvalue weighted by atomic mass is 79.9. The average Bonchev–Trinajstić information content (AvgIpc) is 2.87. The van der Waals surface area contributed by atoms with E-state index in [4.69, 9.17) is 0 Å². The second-order valence-corrected chi connectivity index (χ2v) is 7.29. The SMILES string of the molecule is Cc1cc(C(=O)Cc2ncnn2CC(C)C)sc1Br. The van der Waals surface area contributed by atoms with E-state index in [0.717, 1.165) is 26.6 Å². The number of ketones is 1. The molecule has 19 heavy (non-hydrogen) atoms. The van der Waals surface area contributed by atoms with Gasteiger partial charge in [-0.05, 0) is 40.4 Å². The molecule has 0 radical (unpaired) electrons. The monoisotopic (exact) mass is 341 g/mol. The van der Waals surface area contributed by atoms with Crippen LogP contribution in [0.3, 0.4) is 0 Å². The van der Waals surface area contributed by atoms with Crippen molar-refractivity contribution >= 4 is 33.0 Å². The Morgan fingerprint density at radius 1 is 1.53 bits per heavy atom. The Balaban J connectivity index is 2.13. The Hall–Kier alpha value is -1.01. The standard InChI is InChI=1S/C13H16BrN3OS/c1-8(2)6-17-12(15-7-16-17)5-10(18)11-4-9(3)13(14)19-11/h4,7-8H,5-6H2,1-3H3. The third kappa shape index (κ3) is 3.51. The van der Waals surface area contributed by atoms with E-state index < -0.39 is 0 Å². The molecule has 2 aromatic heterocycles. The molecule has 6 heteroatoms. The molecule has 0 aliphatic carbocycles. The number of hydrogen-bond acceptors (Lipinski definition) is 4. The molecule has 0 saturated carbocycles. The second kappa shape index (κ2) is 5.96. The van der Waals surface area contributed by atoms with Gasteiger partial charge in [-0.25, -0.2) is 9.67 Å². The Kier molecular flexibility index (Phi) is 4.52. The van der Waals surface area contributed by atoms with Gasteiger partial charge in [-0.1, -0.05) is 13.8 Å². The molecule has 0 unspecified atom stereocenters. The number of carbonyl (C=O) groups is 1. The molecule has 0 fully saturated rings. The molecule has 0 spiro atoms. The van der Waals surface area contributed by atoms with Crippen LogP contribution in [-0.4, -0.2) is 20.5 Å². The fourth-order valence-corrected chi connectivity index (χ4v) is 3.22. The number of halogens is 1. The molecule has 4 nitrogen and oxygen atoms in total. The molecule has 2 heterocycles. The first-order chi connectivity index (χ1) is 8.97. The Morgan fingerprint density at radius 3 is 2.84 bits per heavy atom. The average molecular weight is 342 g/mol. The van der Waals surface area contributed by atoms with Gasteiger partial charge in [0.1, 0.15) is 12.2 Å². The highest BCUT2D eigenvalue weighted by molar-refractivity contribution is 9.11. The van der Waals surface area contributed by atoms with Crippen molar-refractivity contribution in [3.8, 4) is 0 Å². The first-order valence-electron chi connectivity index (χ1n) is 6.13. The molecular formula is C13H16BrN3OS. The Morgan fingerprint density at radius 2 is 2.26 bits per heavy atom. The van der Waals surface area contributed by atoms with E-state index >= 15 is 0 Å². The van der Waals surface area contributed by atoms with Gasteiger partial charge >= 0.3 is 0 Å². The first-order valence-corrected chi connectivity index (χ1v) is 7.74. The molecule has 0 atom stereocenters. The summed E-state index contributed by atoms with van der Waals surface area (Å²) in [5.41, 5.74) is 1.09. The van der Waals surface area contributed by atoms with Crippen LogP contribution in [0.5, 0.6) is 0 Å². The normalized spacial score (nSPS) is 11.2. The lowest BCUT2D eigenvalue weighted by Gasteiger charge is -2.07. The van der Waals surface area contributed by atoms with Crippen LogP contribution in [0, 0.1) is 12.8 Å². The molecule has 0 aliphatic rings. The summed E-state index contributed by atoms with van der Waals surface area (Å²) >= 11 is 4.92. The number of hydrogen-bond donors (Lipinski definition) is 0. The molecule has 0 saturated heterocycles. The zero-order chi connectivity index (χ0) is 14.0. The van der Waals surface area contributed by atoms with Crippen LogP contribution < -0.4 is 0 Å². The maximum absolute atomic E-state index is 12.2. The minimum atomic E-state index is 0.0943. The van der Waals surface area contributed by atoms with Crippen molar-refractivity contribution < 1.29 is 4.79 Å². The van der Waals surface area contributed by atoms with Crippen LogP contribution in [0.2, 0.25) is 0 Å². The number of rotatable bonds is 5. The maximum atomic E-state index is 12.2. The summed E-state index contributed by atoms with van der Waals surface area (Å²) in [5, 5.41) is 4.17. The van der Waals surface area contributed by atoms with Gasteiger partial charge < -0.3 is 0 Å². The van der Waals surface area contributed by atoms with Crippen LogP contribution in [0.4, 0.5) is 0 Å². The topological polar surface area (TPSA) is 47.8 Å².